The van der Waals surface area contributed by atoms with Crippen LogP contribution in [0.15, 0.2) is 34.9 Å². The zero-order valence-corrected chi connectivity index (χ0v) is 12.4. The maximum absolute atomic E-state index is 12.3. The van der Waals surface area contributed by atoms with Gasteiger partial charge in [-0.1, -0.05) is 17.3 Å². The van der Waals surface area contributed by atoms with E-state index in [0.717, 1.165) is 18.8 Å². The monoisotopic (exact) mass is 285 g/mol. The molecule has 110 valence electrons. The minimum Gasteiger partial charge on any atom is -0.368 e. The Morgan fingerprint density at radius 3 is 2.52 bits per heavy atom. The molecule has 0 radical (unpaired) electrons. The molecule has 0 unspecified atom stereocenters. The number of carbonyl (C=O) groups excluding carboxylic acids is 1. The molecular formula is C16H19N3O2. The van der Waals surface area contributed by atoms with Crippen LogP contribution in [0.4, 0.5) is 5.69 Å². The van der Waals surface area contributed by atoms with E-state index in [1.165, 1.54) is 11.3 Å². The Hall–Kier alpha value is -2.30. The normalized spacial score (nSPS) is 15.3. The zero-order valence-electron chi connectivity index (χ0n) is 12.4. The average molecular weight is 285 g/mol. The summed E-state index contributed by atoms with van der Waals surface area (Å²) in [6.07, 6.45) is 0. The summed E-state index contributed by atoms with van der Waals surface area (Å²) in [5.74, 6) is 0.260. The third kappa shape index (κ3) is 2.91. The van der Waals surface area contributed by atoms with E-state index in [1.54, 1.807) is 6.07 Å². The number of benzene rings is 1. The molecule has 2 heterocycles. The highest BCUT2D eigenvalue weighted by molar-refractivity contribution is 5.91. The molecule has 0 saturated carbocycles. The first-order valence-corrected chi connectivity index (χ1v) is 7.18. The molecule has 1 saturated heterocycles. The summed E-state index contributed by atoms with van der Waals surface area (Å²) < 4.78 is 5.05. The number of hydrogen-bond acceptors (Lipinski definition) is 4. The van der Waals surface area contributed by atoms with Crippen molar-refractivity contribution in [2.45, 2.75) is 13.8 Å². The van der Waals surface area contributed by atoms with Gasteiger partial charge in [-0.3, -0.25) is 4.79 Å². The van der Waals surface area contributed by atoms with Crippen LogP contribution in [-0.2, 0) is 0 Å². The number of hydrogen-bond donors (Lipinski definition) is 0. The van der Waals surface area contributed by atoms with Crippen molar-refractivity contribution in [2.75, 3.05) is 31.1 Å². The highest BCUT2D eigenvalue weighted by Crippen LogP contribution is 2.18. The maximum Gasteiger partial charge on any atom is 0.292 e. The standard InChI is InChI=1S/C16H19N3O2/c1-12-4-3-5-14(10-12)18-6-8-19(9-7-18)16(20)15-11-13(2)17-21-15/h3-5,10-11H,6-9H2,1-2H3. The topological polar surface area (TPSA) is 49.6 Å². The summed E-state index contributed by atoms with van der Waals surface area (Å²) in [5, 5.41) is 3.77. The number of rotatable bonds is 2. The first-order valence-electron chi connectivity index (χ1n) is 7.18. The largest absolute Gasteiger partial charge is 0.368 e. The fraction of sp³-hybridized carbons (Fsp3) is 0.375. The van der Waals surface area contributed by atoms with Gasteiger partial charge in [-0.05, 0) is 31.5 Å². The van der Waals surface area contributed by atoms with E-state index >= 15 is 0 Å². The van der Waals surface area contributed by atoms with Crippen LogP contribution in [0.25, 0.3) is 0 Å². The molecule has 0 bridgehead atoms. The van der Waals surface area contributed by atoms with Crippen molar-refractivity contribution >= 4 is 11.6 Å². The third-order valence-corrected chi connectivity index (χ3v) is 3.77. The van der Waals surface area contributed by atoms with Crippen LogP contribution in [0.3, 0.4) is 0 Å². The predicted molar refractivity (Wildman–Crippen MR) is 80.5 cm³/mol. The van der Waals surface area contributed by atoms with Gasteiger partial charge in [0.15, 0.2) is 0 Å². The van der Waals surface area contributed by atoms with Crippen molar-refractivity contribution in [2.24, 2.45) is 0 Å². The van der Waals surface area contributed by atoms with Crippen LogP contribution in [-0.4, -0.2) is 42.1 Å². The summed E-state index contributed by atoms with van der Waals surface area (Å²) in [4.78, 5) is 16.4. The van der Waals surface area contributed by atoms with Crippen LogP contribution in [0.1, 0.15) is 21.8 Å². The van der Waals surface area contributed by atoms with E-state index in [9.17, 15) is 4.79 Å². The molecule has 1 aliphatic rings. The molecule has 1 aliphatic heterocycles. The van der Waals surface area contributed by atoms with E-state index in [0.29, 0.717) is 18.8 Å². The predicted octanol–water partition coefficient (Wildman–Crippen LogP) is 2.25. The Labute approximate surface area is 124 Å². The molecule has 1 aromatic heterocycles. The zero-order chi connectivity index (χ0) is 14.8. The van der Waals surface area contributed by atoms with Crippen molar-refractivity contribution in [1.82, 2.24) is 10.1 Å². The van der Waals surface area contributed by atoms with Gasteiger partial charge in [0.2, 0.25) is 5.76 Å². The number of carbonyl (C=O) groups is 1. The molecular weight excluding hydrogens is 266 g/mol. The van der Waals surface area contributed by atoms with Crippen LogP contribution in [0, 0.1) is 13.8 Å². The molecule has 0 atom stereocenters. The van der Waals surface area contributed by atoms with Crippen molar-refractivity contribution in [1.29, 1.82) is 0 Å². The number of amides is 1. The van der Waals surface area contributed by atoms with Crippen LogP contribution in [0.2, 0.25) is 0 Å². The molecule has 3 rings (SSSR count). The van der Waals surface area contributed by atoms with Gasteiger partial charge in [0.05, 0.1) is 5.69 Å². The van der Waals surface area contributed by atoms with E-state index in [-0.39, 0.29) is 5.91 Å². The maximum atomic E-state index is 12.3. The fourth-order valence-electron chi connectivity index (χ4n) is 2.61. The van der Waals surface area contributed by atoms with E-state index < -0.39 is 0 Å². The average Bonchev–Trinajstić information content (AvgIpc) is 2.93. The lowest BCUT2D eigenvalue weighted by molar-refractivity contribution is 0.0704. The second kappa shape index (κ2) is 5.60. The highest BCUT2D eigenvalue weighted by Gasteiger charge is 2.24. The van der Waals surface area contributed by atoms with Gasteiger partial charge < -0.3 is 14.3 Å². The Morgan fingerprint density at radius 2 is 1.90 bits per heavy atom. The SMILES string of the molecule is Cc1cccc(N2CCN(C(=O)c3cc(C)no3)CC2)c1. The van der Waals surface area contributed by atoms with E-state index in [2.05, 4.69) is 41.2 Å². The lowest BCUT2D eigenvalue weighted by atomic mass is 10.2. The number of anilines is 1. The second-order valence-electron chi connectivity index (χ2n) is 5.45. The minimum absolute atomic E-state index is 0.0699. The summed E-state index contributed by atoms with van der Waals surface area (Å²) in [7, 11) is 0. The summed E-state index contributed by atoms with van der Waals surface area (Å²) in [6.45, 7) is 6.98. The summed E-state index contributed by atoms with van der Waals surface area (Å²) in [6, 6.07) is 10.1. The quantitative estimate of drug-likeness (QED) is 0.849. The summed E-state index contributed by atoms with van der Waals surface area (Å²) >= 11 is 0. The van der Waals surface area contributed by atoms with Gasteiger partial charge in [0.25, 0.3) is 5.91 Å². The molecule has 2 aromatic rings. The minimum atomic E-state index is -0.0699. The van der Waals surface area contributed by atoms with Crippen LogP contribution >= 0.6 is 0 Å². The lowest BCUT2D eigenvalue weighted by Gasteiger charge is -2.35. The fourth-order valence-corrected chi connectivity index (χ4v) is 2.61. The van der Waals surface area contributed by atoms with Gasteiger partial charge in [0, 0.05) is 37.9 Å². The number of nitrogens with zero attached hydrogens (tertiary/aromatic N) is 3. The lowest BCUT2D eigenvalue weighted by Crippen LogP contribution is -2.48. The Balaban J connectivity index is 1.64. The van der Waals surface area contributed by atoms with Gasteiger partial charge in [-0.15, -0.1) is 0 Å². The van der Waals surface area contributed by atoms with Crippen molar-refractivity contribution in [3.63, 3.8) is 0 Å². The molecule has 21 heavy (non-hydrogen) atoms. The molecule has 1 amide bonds. The van der Waals surface area contributed by atoms with Crippen molar-refractivity contribution in [3.8, 4) is 0 Å². The van der Waals surface area contributed by atoms with Crippen LogP contribution in [0.5, 0.6) is 0 Å². The van der Waals surface area contributed by atoms with E-state index in [1.807, 2.05) is 11.8 Å². The first-order chi connectivity index (χ1) is 10.1. The first kappa shape index (κ1) is 13.7. The van der Waals surface area contributed by atoms with Crippen LogP contribution < -0.4 is 4.90 Å². The van der Waals surface area contributed by atoms with Gasteiger partial charge in [0.1, 0.15) is 0 Å². The molecule has 0 aliphatic carbocycles. The smallest absolute Gasteiger partial charge is 0.292 e. The molecule has 1 aromatic carbocycles. The number of piperazine rings is 1. The van der Waals surface area contributed by atoms with Gasteiger partial charge in [-0.2, -0.15) is 0 Å². The van der Waals surface area contributed by atoms with Crippen molar-refractivity contribution in [3.05, 3.63) is 47.3 Å². The Kier molecular flexibility index (Phi) is 3.64. The Bertz CT molecular complexity index is 642. The number of aryl methyl sites for hydroxylation is 2. The van der Waals surface area contributed by atoms with E-state index in [4.69, 9.17) is 4.52 Å². The molecule has 0 spiro atoms. The molecule has 5 heteroatoms. The van der Waals surface area contributed by atoms with Crippen molar-refractivity contribution < 1.29 is 9.32 Å². The number of aromatic nitrogens is 1. The second-order valence-corrected chi connectivity index (χ2v) is 5.45. The summed E-state index contributed by atoms with van der Waals surface area (Å²) in [5.41, 5.74) is 3.21. The molecule has 0 N–H and O–H groups in total. The van der Waals surface area contributed by atoms with Gasteiger partial charge >= 0.3 is 0 Å². The molecule has 1 fully saturated rings. The van der Waals surface area contributed by atoms with Gasteiger partial charge in [-0.25, -0.2) is 0 Å². The molecule has 5 nitrogen and oxygen atoms in total. The third-order valence-electron chi connectivity index (χ3n) is 3.77. The highest BCUT2D eigenvalue weighted by atomic mass is 16.5. The Morgan fingerprint density at radius 1 is 1.14 bits per heavy atom.